The molecule has 2 N–H and O–H groups in total. The highest BCUT2D eigenvalue weighted by Gasteiger charge is 2.20. The Labute approximate surface area is 135 Å². The van der Waals surface area contributed by atoms with Crippen LogP contribution < -0.4 is 0 Å². The molecule has 106 valence electrons. The molecule has 0 unspecified atom stereocenters. The van der Waals surface area contributed by atoms with Crippen LogP contribution in [0.25, 0.3) is 5.69 Å². The highest BCUT2D eigenvalue weighted by molar-refractivity contribution is 14.1. The first-order chi connectivity index (χ1) is 9.56. The summed E-state index contributed by atoms with van der Waals surface area (Å²) in [7, 11) is 0. The molecule has 0 radical (unpaired) electrons. The van der Waals surface area contributed by atoms with Crippen molar-refractivity contribution in [3.63, 3.8) is 0 Å². The SMILES string of the molecule is CCCSc1cc(C(=O)O)c(O)c(I)c1-n1cccc1. The third-order valence-corrected chi connectivity index (χ3v) is 4.99. The van der Waals surface area contributed by atoms with E-state index in [1.165, 1.54) is 0 Å². The molecule has 2 rings (SSSR count). The van der Waals surface area contributed by atoms with E-state index in [0.717, 1.165) is 22.8 Å². The van der Waals surface area contributed by atoms with Crippen molar-refractivity contribution in [2.24, 2.45) is 0 Å². The number of aromatic carboxylic acids is 1. The first-order valence-electron chi connectivity index (χ1n) is 6.11. The second kappa shape index (κ2) is 6.53. The average Bonchev–Trinajstić information content (AvgIpc) is 2.93. The van der Waals surface area contributed by atoms with Crippen LogP contribution in [-0.4, -0.2) is 26.5 Å². The lowest BCUT2D eigenvalue weighted by molar-refractivity contribution is 0.0693. The summed E-state index contributed by atoms with van der Waals surface area (Å²) in [6.45, 7) is 2.08. The number of hydrogen-bond donors (Lipinski definition) is 2. The standard InChI is InChI=1S/C14H14INO3S/c1-2-7-20-10-8-9(14(18)19)13(17)11(15)12(10)16-5-3-4-6-16/h3-6,8,17H,2,7H2,1H3,(H,18,19). The molecular formula is C14H14INO3S. The van der Waals surface area contributed by atoms with Gasteiger partial charge in [0.15, 0.2) is 0 Å². The van der Waals surface area contributed by atoms with Crippen molar-refractivity contribution in [2.75, 3.05) is 5.75 Å². The fourth-order valence-corrected chi connectivity index (χ4v) is 3.83. The zero-order chi connectivity index (χ0) is 14.7. The minimum absolute atomic E-state index is 0.0519. The number of phenols is 1. The molecule has 1 aromatic carbocycles. The minimum Gasteiger partial charge on any atom is -0.506 e. The normalized spacial score (nSPS) is 10.7. The summed E-state index contributed by atoms with van der Waals surface area (Å²) >= 11 is 3.59. The largest absolute Gasteiger partial charge is 0.506 e. The summed E-state index contributed by atoms with van der Waals surface area (Å²) in [6.07, 6.45) is 4.76. The second-order valence-corrected chi connectivity index (χ2v) is 6.39. The number of benzene rings is 1. The van der Waals surface area contributed by atoms with Gasteiger partial charge in [0.05, 0.1) is 9.26 Å². The molecule has 0 saturated carbocycles. The number of rotatable bonds is 5. The van der Waals surface area contributed by atoms with E-state index in [-0.39, 0.29) is 11.3 Å². The highest BCUT2D eigenvalue weighted by Crippen LogP contribution is 2.38. The quantitative estimate of drug-likeness (QED) is 0.586. The molecule has 0 atom stereocenters. The molecule has 0 bridgehead atoms. The Kier molecular flexibility index (Phi) is 4.98. The van der Waals surface area contributed by atoms with Gasteiger partial charge in [-0.25, -0.2) is 4.79 Å². The van der Waals surface area contributed by atoms with Gasteiger partial charge in [-0.15, -0.1) is 11.8 Å². The van der Waals surface area contributed by atoms with E-state index in [2.05, 4.69) is 6.92 Å². The van der Waals surface area contributed by atoms with Gasteiger partial charge in [0.2, 0.25) is 0 Å². The van der Waals surface area contributed by atoms with Crippen LogP contribution in [-0.2, 0) is 0 Å². The molecule has 1 aromatic heterocycles. The number of carboxylic acid groups (broad SMARTS) is 1. The predicted molar refractivity (Wildman–Crippen MR) is 88.1 cm³/mol. The molecule has 0 fully saturated rings. The van der Waals surface area contributed by atoms with Gasteiger partial charge >= 0.3 is 5.97 Å². The Bertz CT molecular complexity index is 626. The molecule has 0 saturated heterocycles. The molecule has 0 amide bonds. The van der Waals surface area contributed by atoms with Crippen LogP contribution in [0.5, 0.6) is 5.75 Å². The molecule has 0 aliphatic rings. The van der Waals surface area contributed by atoms with Gasteiger partial charge in [-0.05, 0) is 53.0 Å². The summed E-state index contributed by atoms with van der Waals surface area (Å²) < 4.78 is 2.45. The van der Waals surface area contributed by atoms with Gasteiger partial charge < -0.3 is 14.8 Å². The van der Waals surface area contributed by atoms with Crippen LogP contribution in [0.1, 0.15) is 23.7 Å². The second-order valence-electron chi connectivity index (χ2n) is 4.18. The fourth-order valence-electron chi connectivity index (χ4n) is 1.82. The minimum atomic E-state index is -1.11. The molecule has 6 heteroatoms. The van der Waals surface area contributed by atoms with Crippen LogP contribution in [0.15, 0.2) is 35.5 Å². The highest BCUT2D eigenvalue weighted by atomic mass is 127. The maximum absolute atomic E-state index is 11.2. The molecule has 0 aliphatic heterocycles. The molecule has 2 aromatic rings. The van der Waals surface area contributed by atoms with Crippen molar-refractivity contribution in [3.8, 4) is 11.4 Å². The lowest BCUT2D eigenvalue weighted by Crippen LogP contribution is -2.04. The molecule has 20 heavy (non-hydrogen) atoms. The van der Waals surface area contributed by atoms with Crippen molar-refractivity contribution in [2.45, 2.75) is 18.2 Å². The van der Waals surface area contributed by atoms with Crippen molar-refractivity contribution < 1.29 is 15.0 Å². The molecule has 0 spiro atoms. The Balaban J connectivity index is 2.64. The van der Waals surface area contributed by atoms with E-state index < -0.39 is 5.97 Å². The van der Waals surface area contributed by atoms with Gasteiger partial charge in [0.25, 0.3) is 0 Å². The van der Waals surface area contributed by atoms with E-state index in [1.807, 2.05) is 51.7 Å². The van der Waals surface area contributed by atoms with Crippen molar-refractivity contribution in [3.05, 3.63) is 39.7 Å². The zero-order valence-electron chi connectivity index (χ0n) is 10.8. The lowest BCUT2D eigenvalue weighted by Gasteiger charge is -2.15. The Morgan fingerprint density at radius 2 is 2.05 bits per heavy atom. The third-order valence-electron chi connectivity index (χ3n) is 2.73. The molecule has 0 aliphatic carbocycles. The van der Waals surface area contributed by atoms with Crippen LogP contribution in [0.2, 0.25) is 0 Å². The Morgan fingerprint density at radius 1 is 1.40 bits per heavy atom. The van der Waals surface area contributed by atoms with Crippen molar-refractivity contribution in [1.29, 1.82) is 0 Å². The van der Waals surface area contributed by atoms with Crippen molar-refractivity contribution >= 4 is 40.3 Å². The number of halogens is 1. The van der Waals surface area contributed by atoms with Gasteiger partial charge in [-0.2, -0.15) is 0 Å². The third kappa shape index (κ3) is 2.95. The number of hydrogen-bond acceptors (Lipinski definition) is 3. The number of aromatic nitrogens is 1. The van der Waals surface area contributed by atoms with Crippen LogP contribution in [0.3, 0.4) is 0 Å². The molecule has 1 heterocycles. The van der Waals surface area contributed by atoms with Crippen LogP contribution in [0.4, 0.5) is 0 Å². The van der Waals surface area contributed by atoms with E-state index >= 15 is 0 Å². The Hall–Kier alpha value is -1.15. The molecular weight excluding hydrogens is 389 g/mol. The van der Waals surface area contributed by atoms with Crippen LogP contribution in [0, 0.1) is 3.57 Å². The first kappa shape index (κ1) is 15.2. The molecule has 4 nitrogen and oxygen atoms in total. The number of thioether (sulfide) groups is 1. The fraction of sp³-hybridized carbons (Fsp3) is 0.214. The maximum atomic E-state index is 11.2. The summed E-state index contributed by atoms with van der Waals surface area (Å²) in [5, 5.41) is 19.3. The van der Waals surface area contributed by atoms with E-state index in [1.54, 1.807) is 17.8 Å². The van der Waals surface area contributed by atoms with E-state index in [9.17, 15) is 15.0 Å². The smallest absolute Gasteiger partial charge is 0.339 e. The monoisotopic (exact) mass is 403 g/mol. The zero-order valence-corrected chi connectivity index (χ0v) is 13.8. The summed E-state index contributed by atoms with van der Waals surface area (Å²) in [6, 6.07) is 5.34. The predicted octanol–water partition coefficient (Wildman–Crippen LogP) is 3.99. The van der Waals surface area contributed by atoms with Crippen molar-refractivity contribution in [1.82, 2.24) is 4.57 Å². The van der Waals surface area contributed by atoms with Gasteiger partial charge in [0.1, 0.15) is 11.3 Å². The van der Waals surface area contributed by atoms with Gasteiger partial charge in [0, 0.05) is 17.3 Å². The first-order valence-corrected chi connectivity index (χ1v) is 8.17. The Morgan fingerprint density at radius 3 is 2.60 bits per heavy atom. The lowest BCUT2D eigenvalue weighted by atomic mass is 10.2. The van der Waals surface area contributed by atoms with Gasteiger partial charge in [-0.1, -0.05) is 6.92 Å². The number of carbonyl (C=O) groups is 1. The summed E-state index contributed by atoms with van der Waals surface area (Å²) in [5.41, 5.74) is 0.778. The average molecular weight is 403 g/mol. The summed E-state index contributed by atoms with van der Waals surface area (Å²) in [5.74, 6) is -0.394. The van der Waals surface area contributed by atoms with Gasteiger partial charge in [-0.3, -0.25) is 0 Å². The number of nitrogens with zero attached hydrogens (tertiary/aromatic N) is 1. The van der Waals surface area contributed by atoms with E-state index in [0.29, 0.717) is 3.57 Å². The summed E-state index contributed by atoms with van der Waals surface area (Å²) in [4.78, 5) is 12.1. The maximum Gasteiger partial charge on any atom is 0.339 e. The van der Waals surface area contributed by atoms with Crippen LogP contribution >= 0.6 is 34.4 Å². The topological polar surface area (TPSA) is 62.5 Å². The van der Waals surface area contributed by atoms with E-state index in [4.69, 9.17) is 0 Å². The number of aromatic hydroxyl groups is 1. The number of carboxylic acids is 1.